The molecule has 0 saturated carbocycles. The van der Waals surface area contributed by atoms with E-state index in [0.29, 0.717) is 5.00 Å². The molecule has 0 saturated heterocycles. The van der Waals surface area contributed by atoms with Gasteiger partial charge in [0.2, 0.25) is 0 Å². The highest BCUT2D eigenvalue weighted by atomic mass is 32.1. The number of urea groups is 1. The Balaban J connectivity index is 1.99. The lowest BCUT2D eigenvalue weighted by Gasteiger charge is -2.23. The molecular weight excluding hydrogens is 258 g/mol. The number of thiazole rings is 1. The summed E-state index contributed by atoms with van der Waals surface area (Å²) in [6, 6.07) is -0.295. The molecule has 0 radical (unpaired) electrons. The quantitative estimate of drug-likeness (QED) is 0.893. The van der Waals surface area contributed by atoms with Gasteiger partial charge in [0.1, 0.15) is 10.0 Å². The first-order valence-electron chi connectivity index (χ1n) is 4.84. The Morgan fingerprint density at radius 2 is 2.29 bits per heavy atom. The molecule has 8 heteroatoms. The molecule has 17 heavy (non-hydrogen) atoms. The minimum Gasteiger partial charge on any atom is -0.326 e. The summed E-state index contributed by atoms with van der Waals surface area (Å²) in [5.74, 6) is 0. The van der Waals surface area contributed by atoms with Crippen LogP contribution in [0.5, 0.6) is 0 Å². The van der Waals surface area contributed by atoms with Crippen LogP contribution in [0.3, 0.4) is 0 Å². The SMILES string of the molecule is CC(C)(NC(=O)Nc1cnns1)c1nccs1. The topological polar surface area (TPSA) is 79.8 Å². The number of amides is 2. The third kappa shape index (κ3) is 2.98. The number of hydrogen-bond acceptors (Lipinski definition) is 6. The standard InChI is InChI=1S/C9H11N5OS2/c1-9(2,7-10-3-4-16-7)13-8(15)12-6-5-11-14-17-6/h3-5H,1-2H3,(H2,12,13,15). The van der Waals surface area contributed by atoms with E-state index in [4.69, 9.17) is 0 Å². The van der Waals surface area contributed by atoms with Gasteiger partial charge < -0.3 is 5.32 Å². The summed E-state index contributed by atoms with van der Waals surface area (Å²) in [6.45, 7) is 3.80. The molecule has 0 bridgehead atoms. The number of nitrogens with one attached hydrogen (secondary N) is 2. The number of carbonyl (C=O) groups is 1. The zero-order valence-corrected chi connectivity index (χ0v) is 10.9. The first-order valence-corrected chi connectivity index (χ1v) is 6.50. The van der Waals surface area contributed by atoms with Crippen LogP contribution in [0.15, 0.2) is 17.8 Å². The molecule has 2 rings (SSSR count). The van der Waals surface area contributed by atoms with Gasteiger partial charge in [-0.2, -0.15) is 0 Å². The fourth-order valence-corrected chi connectivity index (χ4v) is 2.37. The van der Waals surface area contributed by atoms with Crippen LogP contribution in [0.1, 0.15) is 18.9 Å². The predicted molar refractivity (Wildman–Crippen MR) is 67.2 cm³/mol. The molecule has 0 atom stereocenters. The number of nitrogens with zero attached hydrogens (tertiary/aromatic N) is 3. The molecule has 0 fully saturated rings. The molecule has 0 unspecified atom stereocenters. The van der Waals surface area contributed by atoms with E-state index in [9.17, 15) is 4.79 Å². The molecular formula is C9H11N5OS2. The third-order valence-corrected chi connectivity index (χ3v) is 3.67. The van der Waals surface area contributed by atoms with Crippen LogP contribution in [0.4, 0.5) is 9.80 Å². The van der Waals surface area contributed by atoms with Crippen molar-refractivity contribution in [2.75, 3.05) is 5.32 Å². The van der Waals surface area contributed by atoms with E-state index in [1.54, 1.807) is 6.20 Å². The lowest BCUT2D eigenvalue weighted by Crippen LogP contribution is -2.43. The van der Waals surface area contributed by atoms with Crippen LogP contribution in [0.2, 0.25) is 0 Å². The number of hydrogen-bond donors (Lipinski definition) is 2. The van der Waals surface area contributed by atoms with Gasteiger partial charge in [0.05, 0.1) is 11.7 Å². The van der Waals surface area contributed by atoms with Gasteiger partial charge in [0, 0.05) is 23.1 Å². The van der Waals surface area contributed by atoms with Gasteiger partial charge in [-0.05, 0) is 13.8 Å². The summed E-state index contributed by atoms with van der Waals surface area (Å²) in [7, 11) is 0. The second-order valence-electron chi connectivity index (χ2n) is 3.82. The van der Waals surface area contributed by atoms with E-state index in [0.717, 1.165) is 16.5 Å². The second kappa shape index (κ2) is 4.76. The van der Waals surface area contributed by atoms with E-state index in [-0.39, 0.29) is 6.03 Å². The molecule has 2 N–H and O–H groups in total. The monoisotopic (exact) mass is 269 g/mol. The lowest BCUT2D eigenvalue weighted by molar-refractivity contribution is 0.242. The Hall–Kier alpha value is -1.54. The molecule has 2 amide bonds. The molecule has 90 valence electrons. The minimum absolute atomic E-state index is 0.295. The van der Waals surface area contributed by atoms with Crippen molar-refractivity contribution in [3.63, 3.8) is 0 Å². The molecule has 6 nitrogen and oxygen atoms in total. The van der Waals surface area contributed by atoms with Crippen LogP contribution in [-0.4, -0.2) is 20.6 Å². The second-order valence-corrected chi connectivity index (χ2v) is 5.50. The molecule has 2 aromatic heterocycles. The fraction of sp³-hybridized carbons (Fsp3) is 0.333. The van der Waals surface area contributed by atoms with Crippen molar-refractivity contribution < 1.29 is 4.79 Å². The Kier molecular flexibility index (Phi) is 3.34. The molecule has 2 aromatic rings. The number of carbonyl (C=O) groups excluding carboxylic acids is 1. The van der Waals surface area contributed by atoms with Gasteiger partial charge in [-0.3, -0.25) is 5.32 Å². The molecule has 2 heterocycles. The Morgan fingerprint density at radius 3 is 2.88 bits per heavy atom. The summed E-state index contributed by atoms with van der Waals surface area (Å²) in [5, 5.41) is 12.5. The highest BCUT2D eigenvalue weighted by Gasteiger charge is 2.25. The maximum Gasteiger partial charge on any atom is 0.320 e. The van der Waals surface area contributed by atoms with Crippen LogP contribution >= 0.6 is 22.9 Å². The van der Waals surface area contributed by atoms with E-state index >= 15 is 0 Å². The first kappa shape index (κ1) is 11.9. The zero-order chi connectivity index (χ0) is 12.3. The smallest absolute Gasteiger partial charge is 0.320 e. The van der Waals surface area contributed by atoms with Crippen molar-refractivity contribution in [2.45, 2.75) is 19.4 Å². The van der Waals surface area contributed by atoms with E-state index in [1.165, 1.54) is 17.5 Å². The molecule has 0 aliphatic carbocycles. The van der Waals surface area contributed by atoms with Gasteiger partial charge in [-0.1, -0.05) is 4.49 Å². The van der Waals surface area contributed by atoms with Gasteiger partial charge in [-0.25, -0.2) is 9.78 Å². The fourth-order valence-electron chi connectivity index (χ4n) is 1.23. The maximum atomic E-state index is 11.7. The summed E-state index contributed by atoms with van der Waals surface area (Å²) >= 11 is 2.63. The average molecular weight is 269 g/mol. The van der Waals surface area contributed by atoms with Crippen LogP contribution < -0.4 is 10.6 Å². The summed E-state index contributed by atoms with van der Waals surface area (Å²) < 4.78 is 3.66. The van der Waals surface area contributed by atoms with Gasteiger partial charge in [-0.15, -0.1) is 16.4 Å². The van der Waals surface area contributed by atoms with Crippen molar-refractivity contribution in [2.24, 2.45) is 0 Å². The number of aromatic nitrogens is 3. The Bertz CT molecular complexity index is 479. The number of anilines is 1. The van der Waals surface area contributed by atoms with Crippen molar-refractivity contribution in [3.8, 4) is 0 Å². The van der Waals surface area contributed by atoms with Crippen LogP contribution in [-0.2, 0) is 5.54 Å². The van der Waals surface area contributed by atoms with Gasteiger partial charge >= 0.3 is 6.03 Å². The van der Waals surface area contributed by atoms with Crippen molar-refractivity contribution in [1.29, 1.82) is 0 Å². The number of rotatable bonds is 3. The third-order valence-electron chi connectivity index (χ3n) is 1.99. The van der Waals surface area contributed by atoms with Crippen molar-refractivity contribution >= 4 is 33.9 Å². The average Bonchev–Trinajstić information content (AvgIpc) is 2.87. The lowest BCUT2D eigenvalue weighted by atomic mass is 10.1. The minimum atomic E-state index is -0.504. The van der Waals surface area contributed by atoms with Crippen molar-refractivity contribution in [1.82, 2.24) is 19.9 Å². The summed E-state index contributed by atoms with van der Waals surface area (Å²) in [4.78, 5) is 15.9. The summed E-state index contributed by atoms with van der Waals surface area (Å²) in [6.07, 6.45) is 3.22. The van der Waals surface area contributed by atoms with E-state index in [2.05, 4.69) is 25.2 Å². The van der Waals surface area contributed by atoms with Gasteiger partial charge in [0.15, 0.2) is 0 Å². The first-order chi connectivity index (χ1) is 8.08. The summed E-state index contributed by atoms with van der Waals surface area (Å²) in [5.41, 5.74) is -0.504. The normalized spacial score (nSPS) is 11.2. The highest BCUT2D eigenvalue weighted by Crippen LogP contribution is 2.22. The molecule has 0 aromatic carbocycles. The van der Waals surface area contributed by atoms with Crippen LogP contribution in [0, 0.1) is 0 Å². The largest absolute Gasteiger partial charge is 0.326 e. The molecule has 0 aliphatic heterocycles. The zero-order valence-electron chi connectivity index (χ0n) is 9.30. The van der Waals surface area contributed by atoms with E-state index in [1.807, 2.05) is 19.2 Å². The highest BCUT2D eigenvalue weighted by molar-refractivity contribution is 7.10. The Labute approximate surface area is 106 Å². The maximum absolute atomic E-state index is 11.7. The predicted octanol–water partition coefficient (Wildman–Crippen LogP) is 2.05. The van der Waals surface area contributed by atoms with E-state index < -0.39 is 5.54 Å². The Morgan fingerprint density at radius 1 is 1.47 bits per heavy atom. The molecule has 0 aliphatic rings. The molecule has 0 spiro atoms. The van der Waals surface area contributed by atoms with Gasteiger partial charge in [0.25, 0.3) is 0 Å². The van der Waals surface area contributed by atoms with Crippen LogP contribution in [0.25, 0.3) is 0 Å². The van der Waals surface area contributed by atoms with Crippen molar-refractivity contribution in [3.05, 3.63) is 22.8 Å².